The van der Waals surface area contributed by atoms with Gasteiger partial charge in [0.25, 0.3) is 0 Å². The number of thioether (sulfide) groups is 1. The molecule has 0 saturated carbocycles. The molecule has 0 atom stereocenters. The predicted molar refractivity (Wildman–Crippen MR) is 74.4 cm³/mol. The molecule has 1 aromatic carbocycles. The molecular formula is C13H20ClNS. The van der Waals surface area contributed by atoms with Crippen molar-refractivity contribution in [3.8, 4) is 0 Å². The number of nitrogens with one attached hydrogen (secondary N) is 1. The lowest BCUT2D eigenvalue weighted by Gasteiger charge is -2.21. The molecule has 0 radical (unpaired) electrons. The van der Waals surface area contributed by atoms with Crippen LogP contribution in [0.4, 0.5) is 0 Å². The predicted octanol–water partition coefficient (Wildman–Crippen LogP) is 4.34. The van der Waals surface area contributed by atoms with Gasteiger partial charge in [-0.15, -0.1) is 11.8 Å². The van der Waals surface area contributed by atoms with Gasteiger partial charge in [-0.1, -0.05) is 51.4 Å². The summed E-state index contributed by atoms with van der Waals surface area (Å²) in [4.78, 5) is 1.21. The Morgan fingerprint density at radius 2 is 2.00 bits per heavy atom. The Labute approximate surface area is 108 Å². The first-order valence-electron chi connectivity index (χ1n) is 5.61. The van der Waals surface area contributed by atoms with Crippen LogP contribution in [0.5, 0.6) is 0 Å². The van der Waals surface area contributed by atoms with E-state index in [1.54, 1.807) is 0 Å². The van der Waals surface area contributed by atoms with Gasteiger partial charge in [-0.05, 0) is 18.2 Å². The van der Waals surface area contributed by atoms with Crippen molar-refractivity contribution in [2.75, 3.05) is 6.54 Å². The average Bonchev–Trinajstić information content (AvgIpc) is 2.17. The highest BCUT2D eigenvalue weighted by atomic mass is 35.5. The van der Waals surface area contributed by atoms with Crippen molar-refractivity contribution in [1.82, 2.24) is 5.32 Å². The van der Waals surface area contributed by atoms with E-state index in [0.717, 1.165) is 18.1 Å². The zero-order chi connectivity index (χ0) is 12.2. The molecule has 1 aromatic rings. The minimum absolute atomic E-state index is 0.186. The number of halogens is 1. The fraction of sp³-hybridized carbons (Fsp3) is 0.538. The first kappa shape index (κ1) is 13.9. The van der Waals surface area contributed by atoms with Crippen molar-refractivity contribution < 1.29 is 0 Å². The van der Waals surface area contributed by atoms with Crippen LogP contribution >= 0.6 is 23.4 Å². The number of hydrogen-bond acceptors (Lipinski definition) is 2. The maximum Gasteiger partial charge on any atom is 0.0545 e. The molecule has 1 N–H and O–H groups in total. The summed E-state index contributed by atoms with van der Waals surface area (Å²) in [6, 6.07) is 6.12. The summed E-state index contributed by atoms with van der Waals surface area (Å²) in [6.45, 7) is 10.6. The second kappa shape index (κ2) is 5.95. The normalized spacial score (nSPS) is 11.8. The van der Waals surface area contributed by atoms with Gasteiger partial charge in [0.2, 0.25) is 0 Å². The van der Waals surface area contributed by atoms with Crippen LogP contribution in [0.15, 0.2) is 23.1 Å². The van der Waals surface area contributed by atoms with Crippen molar-refractivity contribution in [3.63, 3.8) is 0 Å². The quantitative estimate of drug-likeness (QED) is 0.806. The molecule has 0 bridgehead atoms. The van der Waals surface area contributed by atoms with Gasteiger partial charge in [0.1, 0.15) is 0 Å². The van der Waals surface area contributed by atoms with Gasteiger partial charge in [0, 0.05) is 16.2 Å². The largest absolute Gasteiger partial charge is 0.313 e. The molecule has 0 aliphatic rings. The lowest BCUT2D eigenvalue weighted by atomic mass is 10.2. The molecule has 0 aromatic heterocycles. The van der Waals surface area contributed by atoms with Crippen LogP contribution in [0, 0.1) is 0 Å². The second-order valence-electron chi connectivity index (χ2n) is 4.72. The highest BCUT2D eigenvalue weighted by molar-refractivity contribution is 8.00. The smallest absolute Gasteiger partial charge is 0.0545 e. The fourth-order valence-corrected chi connectivity index (χ4v) is 2.73. The van der Waals surface area contributed by atoms with Crippen molar-refractivity contribution in [1.29, 1.82) is 0 Å². The van der Waals surface area contributed by atoms with Crippen LogP contribution in [0.1, 0.15) is 33.3 Å². The maximum absolute atomic E-state index is 6.27. The number of benzene rings is 1. The Kier molecular flexibility index (Phi) is 5.16. The monoisotopic (exact) mass is 257 g/mol. The zero-order valence-corrected chi connectivity index (χ0v) is 12.0. The van der Waals surface area contributed by atoms with E-state index in [1.807, 2.05) is 23.9 Å². The number of hydrogen-bond donors (Lipinski definition) is 1. The summed E-state index contributed by atoms with van der Waals surface area (Å²) < 4.78 is 0.186. The summed E-state index contributed by atoms with van der Waals surface area (Å²) >= 11 is 8.10. The second-order valence-corrected chi connectivity index (χ2v) is 6.97. The van der Waals surface area contributed by atoms with Gasteiger partial charge in [-0.3, -0.25) is 0 Å². The Morgan fingerprint density at radius 3 is 2.56 bits per heavy atom. The summed E-state index contributed by atoms with van der Waals surface area (Å²) in [6.07, 6.45) is 0. The van der Waals surface area contributed by atoms with Gasteiger partial charge in [-0.2, -0.15) is 0 Å². The molecule has 0 spiro atoms. The molecule has 1 rings (SSSR count). The Hall–Kier alpha value is -0.180. The Bertz CT molecular complexity index is 344. The topological polar surface area (TPSA) is 12.0 Å². The third kappa shape index (κ3) is 4.36. The molecular weight excluding hydrogens is 238 g/mol. The lowest BCUT2D eigenvalue weighted by molar-refractivity contribution is 0.716. The molecule has 1 nitrogen and oxygen atoms in total. The van der Waals surface area contributed by atoms with E-state index in [9.17, 15) is 0 Å². The van der Waals surface area contributed by atoms with E-state index < -0.39 is 0 Å². The highest BCUT2D eigenvalue weighted by Gasteiger charge is 2.16. The van der Waals surface area contributed by atoms with Crippen LogP contribution in [0.25, 0.3) is 0 Å². The first-order valence-corrected chi connectivity index (χ1v) is 6.80. The highest BCUT2D eigenvalue weighted by Crippen LogP contribution is 2.38. The molecule has 3 heteroatoms. The molecule has 0 unspecified atom stereocenters. The SMILES string of the molecule is CCNCc1cccc(Cl)c1SC(C)(C)C. The van der Waals surface area contributed by atoms with E-state index in [4.69, 9.17) is 11.6 Å². The summed E-state index contributed by atoms with van der Waals surface area (Å²) in [7, 11) is 0. The fourth-order valence-electron chi connectivity index (χ4n) is 1.37. The van der Waals surface area contributed by atoms with E-state index in [0.29, 0.717) is 0 Å². The summed E-state index contributed by atoms with van der Waals surface area (Å²) in [5, 5.41) is 4.20. The zero-order valence-electron chi connectivity index (χ0n) is 10.4. The van der Waals surface area contributed by atoms with Gasteiger partial charge in [0.15, 0.2) is 0 Å². The average molecular weight is 258 g/mol. The van der Waals surface area contributed by atoms with Gasteiger partial charge < -0.3 is 5.32 Å². The van der Waals surface area contributed by atoms with Crippen LogP contribution in [0.2, 0.25) is 5.02 Å². The van der Waals surface area contributed by atoms with Crippen LogP contribution in [0.3, 0.4) is 0 Å². The molecule has 0 fully saturated rings. The minimum Gasteiger partial charge on any atom is -0.313 e. The molecule has 0 aliphatic carbocycles. The molecule has 0 aliphatic heterocycles. The van der Waals surface area contributed by atoms with Crippen LogP contribution < -0.4 is 5.32 Å². The Balaban J connectivity index is 2.94. The summed E-state index contributed by atoms with van der Waals surface area (Å²) in [5.41, 5.74) is 1.29. The van der Waals surface area contributed by atoms with E-state index in [-0.39, 0.29) is 4.75 Å². The number of rotatable bonds is 4. The van der Waals surface area contributed by atoms with Crippen molar-refractivity contribution in [2.45, 2.75) is 43.9 Å². The third-order valence-corrected chi connectivity index (χ3v) is 3.75. The lowest BCUT2D eigenvalue weighted by Crippen LogP contribution is -2.14. The third-order valence-electron chi connectivity index (χ3n) is 2.02. The summed E-state index contributed by atoms with van der Waals surface area (Å²) in [5.74, 6) is 0. The van der Waals surface area contributed by atoms with Gasteiger partial charge in [-0.25, -0.2) is 0 Å². The minimum atomic E-state index is 0.186. The van der Waals surface area contributed by atoms with Gasteiger partial charge >= 0.3 is 0 Å². The van der Waals surface area contributed by atoms with Crippen molar-refractivity contribution >= 4 is 23.4 Å². The maximum atomic E-state index is 6.27. The molecule has 90 valence electrons. The molecule has 0 saturated heterocycles. The molecule has 0 heterocycles. The molecule has 16 heavy (non-hydrogen) atoms. The van der Waals surface area contributed by atoms with Crippen molar-refractivity contribution in [3.05, 3.63) is 28.8 Å². The van der Waals surface area contributed by atoms with E-state index in [1.165, 1.54) is 10.5 Å². The van der Waals surface area contributed by atoms with E-state index in [2.05, 4.69) is 39.1 Å². The van der Waals surface area contributed by atoms with Crippen LogP contribution in [-0.2, 0) is 6.54 Å². The van der Waals surface area contributed by atoms with Crippen LogP contribution in [-0.4, -0.2) is 11.3 Å². The first-order chi connectivity index (χ1) is 7.44. The standard InChI is InChI=1S/C13H20ClNS/c1-5-15-9-10-7-6-8-11(14)12(10)16-13(2,3)4/h6-8,15H,5,9H2,1-4H3. The Morgan fingerprint density at radius 1 is 1.31 bits per heavy atom. The van der Waals surface area contributed by atoms with Crippen molar-refractivity contribution in [2.24, 2.45) is 0 Å². The van der Waals surface area contributed by atoms with Gasteiger partial charge in [0.05, 0.1) is 5.02 Å². The molecule has 0 amide bonds. The van der Waals surface area contributed by atoms with E-state index >= 15 is 0 Å².